The second-order valence-corrected chi connectivity index (χ2v) is 4.21. The van der Waals surface area contributed by atoms with Crippen molar-refractivity contribution >= 4 is 51.3 Å². The molecule has 0 spiro atoms. The van der Waals surface area contributed by atoms with E-state index in [0.29, 0.717) is 20.5 Å². The zero-order valence-electron chi connectivity index (χ0n) is 7.94. The summed E-state index contributed by atoms with van der Waals surface area (Å²) in [7, 11) is 1.43. The van der Waals surface area contributed by atoms with Crippen LogP contribution in [0.1, 0.15) is 0 Å². The number of pyridine rings is 1. The molecule has 2 aromatic rings. The van der Waals surface area contributed by atoms with E-state index in [9.17, 15) is 4.79 Å². The van der Waals surface area contributed by atoms with Crippen molar-refractivity contribution in [3.63, 3.8) is 0 Å². The highest BCUT2D eigenvalue weighted by Crippen LogP contribution is 2.28. The highest BCUT2D eigenvalue weighted by molar-refractivity contribution is 14.1. The van der Waals surface area contributed by atoms with E-state index in [4.69, 9.17) is 21.4 Å². The molecule has 0 bridgehead atoms. The molecule has 0 unspecified atom stereocenters. The van der Waals surface area contributed by atoms with Gasteiger partial charge in [-0.25, -0.2) is 9.78 Å². The van der Waals surface area contributed by atoms with E-state index in [0.717, 1.165) is 4.68 Å². The number of fused-ring (bicyclic) bond motifs is 1. The fraction of sp³-hybridized carbons (Fsp3) is 0.125. The molecule has 8 heteroatoms. The summed E-state index contributed by atoms with van der Waals surface area (Å²) in [5, 5.41) is 12.9. The van der Waals surface area contributed by atoms with Crippen molar-refractivity contribution in [2.75, 3.05) is 7.11 Å². The summed E-state index contributed by atoms with van der Waals surface area (Å²) in [4.78, 5) is 14.9. The fourth-order valence-corrected chi connectivity index (χ4v) is 2.08. The molecule has 16 heavy (non-hydrogen) atoms. The molecule has 0 aliphatic heterocycles. The van der Waals surface area contributed by atoms with Crippen LogP contribution >= 0.6 is 34.2 Å². The van der Waals surface area contributed by atoms with E-state index in [1.54, 1.807) is 0 Å². The maximum atomic E-state index is 10.9. The minimum Gasteiger partial charge on any atom is -0.493 e. The topological polar surface area (TPSA) is 77.2 Å². The van der Waals surface area contributed by atoms with Gasteiger partial charge in [0.2, 0.25) is 0 Å². The summed E-state index contributed by atoms with van der Waals surface area (Å²) >= 11 is 7.74. The van der Waals surface area contributed by atoms with Crippen LogP contribution in [-0.2, 0) is 0 Å². The van der Waals surface area contributed by atoms with Crippen LogP contribution in [0.2, 0.25) is 5.15 Å². The smallest absolute Gasteiger partial charge is 0.432 e. The monoisotopic (exact) mass is 353 g/mol. The molecule has 2 aromatic heterocycles. The van der Waals surface area contributed by atoms with Crippen LogP contribution in [0, 0.1) is 3.70 Å². The second kappa shape index (κ2) is 4.06. The lowest BCUT2D eigenvalue weighted by atomic mass is 10.4. The van der Waals surface area contributed by atoms with Gasteiger partial charge in [0.05, 0.1) is 7.11 Å². The normalized spacial score (nSPS) is 10.7. The summed E-state index contributed by atoms with van der Waals surface area (Å²) in [6.45, 7) is 0. The molecule has 0 atom stereocenters. The van der Waals surface area contributed by atoms with E-state index in [-0.39, 0.29) is 5.15 Å². The summed E-state index contributed by atoms with van der Waals surface area (Å²) in [5.41, 5.74) is 0.784. The number of halogens is 2. The van der Waals surface area contributed by atoms with Gasteiger partial charge < -0.3 is 9.84 Å². The first-order valence-corrected chi connectivity index (χ1v) is 5.52. The predicted molar refractivity (Wildman–Crippen MR) is 65.2 cm³/mol. The lowest BCUT2D eigenvalue weighted by Crippen LogP contribution is -2.09. The zero-order valence-corrected chi connectivity index (χ0v) is 10.9. The summed E-state index contributed by atoms with van der Waals surface area (Å²) in [6.07, 6.45) is -1.18. The highest BCUT2D eigenvalue weighted by Gasteiger charge is 2.17. The largest absolute Gasteiger partial charge is 0.493 e. The van der Waals surface area contributed by atoms with Gasteiger partial charge in [0.25, 0.3) is 0 Å². The van der Waals surface area contributed by atoms with Crippen LogP contribution in [0.3, 0.4) is 0 Å². The molecule has 6 nitrogen and oxygen atoms in total. The number of rotatable bonds is 1. The molecule has 2 rings (SSSR count). The Bertz CT molecular complexity index is 583. The van der Waals surface area contributed by atoms with Gasteiger partial charge in [-0.1, -0.05) is 11.6 Å². The Kier molecular flexibility index (Phi) is 2.89. The maximum Gasteiger partial charge on any atom is 0.432 e. The fourth-order valence-electron chi connectivity index (χ4n) is 1.25. The number of methoxy groups -OCH3 is 1. The minimum atomic E-state index is -1.18. The van der Waals surface area contributed by atoms with Crippen LogP contribution < -0.4 is 4.74 Å². The number of hydrogen-bond acceptors (Lipinski definition) is 4. The summed E-state index contributed by atoms with van der Waals surface area (Å²) < 4.78 is 6.27. The second-order valence-electron chi connectivity index (χ2n) is 2.83. The molecule has 2 heterocycles. The van der Waals surface area contributed by atoms with Crippen molar-refractivity contribution in [2.45, 2.75) is 0 Å². The first-order valence-electron chi connectivity index (χ1n) is 4.06. The lowest BCUT2D eigenvalue weighted by molar-refractivity contribution is 0.194. The van der Waals surface area contributed by atoms with E-state index in [2.05, 4.69) is 10.1 Å². The third-order valence-corrected chi connectivity index (χ3v) is 2.93. The van der Waals surface area contributed by atoms with E-state index in [1.807, 2.05) is 22.6 Å². The van der Waals surface area contributed by atoms with Crippen LogP contribution in [-0.4, -0.2) is 33.1 Å². The number of ether oxygens (including phenoxy) is 1. The van der Waals surface area contributed by atoms with Crippen molar-refractivity contribution in [1.82, 2.24) is 14.8 Å². The van der Waals surface area contributed by atoms with Gasteiger partial charge in [-0.05, 0) is 22.6 Å². The number of carboxylic acid groups (broad SMARTS) is 1. The Morgan fingerprint density at radius 3 is 2.94 bits per heavy atom. The van der Waals surface area contributed by atoms with Crippen LogP contribution in [0.15, 0.2) is 6.07 Å². The van der Waals surface area contributed by atoms with Crippen molar-refractivity contribution in [2.24, 2.45) is 0 Å². The van der Waals surface area contributed by atoms with E-state index < -0.39 is 6.09 Å². The molecule has 0 aromatic carbocycles. The molecule has 0 fully saturated rings. The summed E-state index contributed by atoms with van der Waals surface area (Å²) in [5.74, 6) is 0.313. The summed E-state index contributed by atoms with van der Waals surface area (Å²) in [6, 6.07) is 1.49. The van der Waals surface area contributed by atoms with E-state index in [1.165, 1.54) is 13.2 Å². The molecule has 0 saturated carbocycles. The Labute approximate surface area is 108 Å². The van der Waals surface area contributed by atoms with Gasteiger partial charge in [0.1, 0.15) is 14.7 Å². The van der Waals surface area contributed by atoms with Gasteiger partial charge in [0.15, 0.2) is 10.9 Å². The Balaban J connectivity index is 2.83. The van der Waals surface area contributed by atoms with Crippen molar-refractivity contribution < 1.29 is 14.6 Å². The predicted octanol–water partition coefficient (Wildman–Crippen LogP) is 2.22. The molecule has 84 valence electrons. The van der Waals surface area contributed by atoms with Crippen molar-refractivity contribution in [3.8, 4) is 5.75 Å². The molecule has 0 amide bonds. The third kappa shape index (κ3) is 1.69. The van der Waals surface area contributed by atoms with Crippen molar-refractivity contribution in [3.05, 3.63) is 14.9 Å². The Morgan fingerprint density at radius 1 is 1.69 bits per heavy atom. The molecule has 0 radical (unpaired) electrons. The lowest BCUT2D eigenvalue weighted by Gasteiger charge is -2.02. The molecule has 1 N–H and O–H groups in total. The number of hydrogen-bond donors (Lipinski definition) is 1. The molecule has 0 saturated heterocycles. The quantitative estimate of drug-likeness (QED) is 0.628. The number of aromatic nitrogens is 3. The number of carbonyl (C=O) groups is 1. The van der Waals surface area contributed by atoms with Gasteiger partial charge in [0, 0.05) is 6.07 Å². The molecular formula is C8H5ClIN3O3. The Morgan fingerprint density at radius 2 is 2.38 bits per heavy atom. The van der Waals surface area contributed by atoms with E-state index >= 15 is 0 Å². The van der Waals surface area contributed by atoms with Gasteiger partial charge in [-0.15, -0.1) is 0 Å². The first-order chi connectivity index (χ1) is 7.54. The SMILES string of the molecule is COc1cc2c(nc1Cl)c(I)nn2C(=O)O. The average Bonchev–Trinajstić information content (AvgIpc) is 2.55. The highest BCUT2D eigenvalue weighted by atomic mass is 127. The molecule has 0 aliphatic carbocycles. The van der Waals surface area contributed by atoms with Gasteiger partial charge in [-0.3, -0.25) is 0 Å². The standard InChI is InChI=1S/C8H5ClIN3O3/c1-16-4-2-3-5(11-6(4)9)7(10)12-13(3)8(14)15/h2H,1H3,(H,14,15). The first kappa shape index (κ1) is 11.4. The van der Waals surface area contributed by atoms with Gasteiger partial charge in [-0.2, -0.15) is 9.78 Å². The minimum absolute atomic E-state index is 0.179. The molecule has 0 aliphatic rings. The Hall–Kier alpha value is -1.09. The zero-order chi connectivity index (χ0) is 11.9. The third-order valence-electron chi connectivity index (χ3n) is 1.94. The van der Waals surface area contributed by atoms with Crippen LogP contribution in [0.5, 0.6) is 5.75 Å². The van der Waals surface area contributed by atoms with Gasteiger partial charge >= 0.3 is 6.09 Å². The number of nitrogens with zero attached hydrogens (tertiary/aromatic N) is 3. The van der Waals surface area contributed by atoms with Crippen molar-refractivity contribution in [1.29, 1.82) is 0 Å². The molecular weight excluding hydrogens is 348 g/mol. The van der Waals surface area contributed by atoms with Crippen LogP contribution in [0.25, 0.3) is 11.0 Å². The maximum absolute atomic E-state index is 10.9. The van der Waals surface area contributed by atoms with Crippen LogP contribution in [0.4, 0.5) is 4.79 Å². The average molecular weight is 354 g/mol.